The first-order chi connectivity index (χ1) is 6.16. The van der Waals surface area contributed by atoms with Gasteiger partial charge in [0.05, 0.1) is 6.20 Å². The Morgan fingerprint density at radius 3 is 2.85 bits per heavy atom. The van der Waals surface area contributed by atoms with Crippen LogP contribution in [-0.4, -0.2) is 19.9 Å². The molecule has 0 fully saturated rings. The molecule has 0 saturated heterocycles. The molecule has 2 aromatic heterocycles. The summed E-state index contributed by atoms with van der Waals surface area (Å²) in [5.41, 5.74) is 1.66. The average molecular weight is 178 g/mol. The third kappa shape index (κ3) is 1.39. The summed E-state index contributed by atoms with van der Waals surface area (Å²) in [6.07, 6.45) is 1.79. The van der Waals surface area contributed by atoms with Crippen molar-refractivity contribution < 1.29 is 1.43 Å². The van der Waals surface area contributed by atoms with Gasteiger partial charge in [-0.1, -0.05) is 13.8 Å². The van der Waals surface area contributed by atoms with E-state index < -0.39 is 0 Å². The highest BCUT2D eigenvalue weighted by Crippen LogP contribution is 2.12. The van der Waals surface area contributed by atoms with E-state index in [-0.39, 0.29) is 1.43 Å². The van der Waals surface area contributed by atoms with E-state index in [0.717, 1.165) is 22.8 Å². The fourth-order valence-corrected chi connectivity index (χ4v) is 1.22. The third-order valence-electron chi connectivity index (χ3n) is 1.89. The lowest BCUT2D eigenvalue weighted by molar-refractivity contribution is 0.781. The van der Waals surface area contributed by atoms with Crippen LogP contribution in [0.2, 0.25) is 0 Å². The van der Waals surface area contributed by atoms with Crippen LogP contribution in [0.5, 0.6) is 0 Å². The Morgan fingerprint density at radius 2 is 2.15 bits per heavy atom. The van der Waals surface area contributed by atoms with Gasteiger partial charge in [0, 0.05) is 7.34 Å². The molecule has 0 saturated carbocycles. The van der Waals surface area contributed by atoms with Crippen molar-refractivity contribution in [3.05, 3.63) is 17.8 Å². The van der Waals surface area contributed by atoms with Gasteiger partial charge in [0.2, 0.25) is 0 Å². The Morgan fingerprint density at radius 1 is 1.38 bits per heavy atom. The summed E-state index contributed by atoms with van der Waals surface area (Å²) < 4.78 is 0. The van der Waals surface area contributed by atoms with Gasteiger partial charge in [0.25, 0.3) is 0 Å². The summed E-state index contributed by atoms with van der Waals surface area (Å²) in [5, 5.41) is 0. The molecule has 2 aromatic rings. The zero-order chi connectivity index (χ0) is 9.42. The minimum atomic E-state index is 0. The first-order valence-corrected chi connectivity index (χ1v) is 4.36. The standard InChI is InChI=1S/C9H12N4.H2/c1-5(2)8-10-4-7-9(13-8)12-6(3)11-7;/h4-5H,1-3H3,(H,10,11,12,13);1H. The van der Waals surface area contributed by atoms with E-state index in [1.54, 1.807) is 6.20 Å². The number of nitrogens with zero attached hydrogens (tertiary/aromatic N) is 3. The van der Waals surface area contributed by atoms with Crippen LogP contribution in [0.4, 0.5) is 0 Å². The van der Waals surface area contributed by atoms with Crippen molar-refractivity contribution in [2.24, 2.45) is 0 Å². The average Bonchev–Trinajstić information content (AvgIpc) is 2.42. The number of hydrogen-bond acceptors (Lipinski definition) is 3. The molecule has 0 aliphatic heterocycles. The molecule has 13 heavy (non-hydrogen) atoms. The molecule has 0 amide bonds. The van der Waals surface area contributed by atoms with Gasteiger partial charge >= 0.3 is 0 Å². The van der Waals surface area contributed by atoms with Crippen LogP contribution < -0.4 is 0 Å². The minimum absolute atomic E-state index is 0. The van der Waals surface area contributed by atoms with E-state index in [1.807, 2.05) is 6.92 Å². The number of aromatic nitrogens is 4. The number of H-pyrrole nitrogens is 1. The lowest BCUT2D eigenvalue weighted by atomic mass is 10.2. The molecular weight excluding hydrogens is 164 g/mol. The number of imidazole rings is 1. The first kappa shape index (κ1) is 8.16. The molecular formula is C9H14N4. The topological polar surface area (TPSA) is 54.5 Å². The Bertz CT molecular complexity index is 435. The quantitative estimate of drug-likeness (QED) is 0.727. The van der Waals surface area contributed by atoms with Gasteiger partial charge in [0.1, 0.15) is 17.2 Å². The second-order valence-corrected chi connectivity index (χ2v) is 3.44. The fraction of sp³-hybridized carbons (Fsp3) is 0.444. The van der Waals surface area contributed by atoms with E-state index in [4.69, 9.17) is 0 Å². The van der Waals surface area contributed by atoms with Crippen LogP contribution >= 0.6 is 0 Å². The summed E-state index contributed by atoms with van der Waals surface area (Å²) in [6.45, 7) is 6.05. The van der Waals surface area contributed by atoms with E-state index in [0.29, 0.717) is 5.92 Å². The van der Waals surface area contributed by atoms with Crippen LogP contribution in [0, 0.1) is 6.92 Å². The van der Waals surface area contributed by atoms with E-state index in [2.05, 4.69) is 33.8 Å². The molecule has 4 heteroatoms. The Hall–Kier alpha value is -1.45. The number of rotatable bonds is 1. The summed E-state index contributed by atoms with van der Waals surface area (Å²) in [5.74, 6) is 2.07. The molecule has 0 unspecified atom stereocenters. The lowest BCUT2D eigenvalue weighted by Crippen LogP contribution is -1.96. The van der Waals surface area contributed by atoms with Crippen LogP contribution in [0.1, 0.15) is 32.8 Å². The number of fused-ring (bicyclic) bond motifs is 1. The van der Waals surface area contributed by atoms with Gasteiger partial charge in [-0.15, -0.1) is 0 Å². The predicted molar refractivity (Wildman–Crippen MR) is 52.6 cm³/mol. The molecule has 2 rings (SSSR count). The molecule has 0 aliphatic rings. The number of nitrogens with one attached hydrogen (secondary N) is 1. The summed E-state index contributed by atoms with van der Waals surface area (Å²) in [6, 6.07) is 0. The van der Waals surface area contributed by atoms with Crippen LogP contribution in [0.25, 0.3) is 11.2 Å². The number of hydrogen-bond donors (Lipinski definition) is 1. The highest BCUT2D eigenvalue weighted by atomic mass is 15.0. The molecule has 1 N–H and O–H groups in total. The highest BCUT2D eigenvalue weighted by molar-refractivity contribution is 5.69. The summed E-state index contributed by atoms with van der Waals surface area (Å²) in [7, 11) is 0. The Labute approximate surface area is 77.9 Å². The van der Waals surface area contributed by atoms with E-state index >= 15 is 0 Å². The van der Waals surface area contributed by atoms with Gasteiger partial charge in [0.15, 0.2) is 5.65 Å². The van der Waals surface area contributed by atoms with Gasteiger partial charge in [-0.2, -0.15) is 0 Å². The largest absolute Gasteiger partial charge is 0.340 e. The van der Waals surface area contributed by atoms with Crippen molar-refractivity contribution in [3.63, 3.8) is 0 Å². The van der Waals surface area contributed by atoms with Crippen molar-refractivity contribution >= 4 is 11.2 Å². The first-order valence-electron chi connectivity index (χ1n) is 4.36. The molecule has 0 aliphatic carbocycles. The van der Waals surface area contributed by atoms with Crippen molar-refractivity contribution in [3.8, 4) is 0 Å². The van der Waals surface area contributed by atoms with Crippen molar-refractivity contribution in [2.75, 3.05) is 0 Å². The van der Waals surface area contributed by atoms with Gasteiger partial charge in [-0.05, 0) is 6.92 Å². The van der Waals surface area contributed by atoms with Gasteiger partial charge in [-0.3, -0.25) is 0 Å². The lowest BCUT2D eigenvalue weighted by Gasteiger charge is -2.00. The monoisotopic (exact) mass is 178 g/mol. The molecule has 2 heterocycles. The maximum Gasteiger partial charge on any atom is 0.181 e. The van der Waals surface area contributed by atoms with Crippen molar-refractivity contribution in [2.45, 2.75) is 26.7 Å². The van der Waals surface area contributed by atoms with Crippen LogP contribution in [0.3, 0.4) is 0 Å². The third-order valence-corrected chi connectivity index (χ3v) is 1.89. The summed E-state index contributed by atoms with van der Waals surface area (Å²) >= 11 is 0. The molecule has 0 aromatic carbocycles. The minimum Gasteiger partial charge on any atom is -0.340 e. The fourth-order valence-electron chi connectivity index (χ4n) is 1.22. The Kier molecular flexibility index (Phi) is 1.76. The van der Waals surface area contributed by atoms with E-state index in [1.165, 1.54) is 0 Å². The zero-order valence-corrected chi connectivity index (χ0v) is 8.00. The van der Waals surface area contributed by atoms with Gasteiger partial charge in [-0.25, -0.2) is 15.0 Å². The maximum absolute atomic E-state index is 4.34. The smallest absolute Gasteiger partial charge is 0.181 e. The molecule has 0 atom stereocenters. The summed E-state index contributed by atoms with van der Waals surface area (Å²) in [4.78, 5) is 15.9. The van der Waals surface area contributed by atoms with Crippen LogP contribution in [-0.2, 0) is 0 Å². The molecule has 0 bridgehead atoms. The normalized spacial score (nSPS) is 11.4. The predicted octanol–water partition coefficient (Wildman–Crippen LogP) is 2.03. The van der Waals surface area contributed by atoms with Crippen LogP contribution in [0.15, 0.2) is 6.20 Å². The number of aromatic amines is 1. The molecule has 0 radical (unpaired) electrons. The highest BCUT2D eigenvalue weighted by Gasteiger charge is 2.06. The molecule has 0 spiro atoms. The number of aryl methyl sites for hydroxylation is 1. The zero-order valence-electron chi connectivity index (χ0n) is 8.00. The second-order valence-electron chi connectivity index (χ2n) is 3.44. The van der Waals surface area contributed by atoms with Gasteiger partial charge < -0.3 is 4.98 Å². The molecule has 4 nitrogen and oxygen atoms in total. The Balaban J connectivity index is 0.000000980. The van der Waals surface area contributed by atoms with Crippen molar-refractivity contribution in [1.82, 2.24) is 19.9 Å². The van der Waals surface area contributed by atoms with Crippen molar-refractivity contribution in [1.29, 1.82) is 0 Å². The SMILES string of the molecule is Cc1nc2nc(C(C)C)ncc2[nH]1.[HH]. The molecule has 70 valence electrons. The van der Waals surface area contributed by atoms with E-state index in [9.17, 15) is 0 Å². The second kappa shape index (κ2) is 2.80. The maximum atomic E-state index is 4.34.